The Morgan fingerprint density at radius 3 is 2.88 bits per heavy atom. The van der Waals surface area contributed by atoms with Gasteiger partial charge in [-0.05, 0) is 45.8 Å². The first kappa shape index (κ1) is 21.9. The number of fused-ring (bicyclic) bond motifs is 1. The van der Waals surface area contributed by atoms with Gasteiger partial charge in [-0.2, -0.15) is 5.10 Å². The van der Waals surface area contributed by atoms with Crippen molar-refractivity contribution in [1.82, 2.24) is 24.6 Å². The molecule has 2 aromatic heterocycles. The van der Waals surface area contributed by atoms with Crippen LogP contribution in [0.2, 0.25) is 0 Å². The summed E-state index contributed by atoms with van der Waals surface area (Å²) < 4.78 is 7.79. The lowest BCUT2D eigenvalue weighted by Crippen LogP contribution is -2.17. The van der Waals surface area contributed by atoms with Crippen LogP contribution < -0.4 is 21.1 Å². The van der Waals surface area contributed by atoms with Crippen molar-refractivity contribution in [3.63, 3.8) is 0 Å². The molecule has 0 spiro atoms. The summed E-state index contributed by atoms with van der Waals surface area (Å²) in [6.45, 7) is 1.81. The van der Waals surface area contributed by atoms with Crippen LogP contribution in [0.4, 0.5) is 23.0 Å². The van der Waals surface area contributed by atoms with E-state index in [1.54, 1.807) is 13.3 Å². The Balaban J connectivity index is 1.72. The zero-order chi connectivity index (χ0) is 22.7. The normalized spacial score (nSPS) is 13.2. The average molecular weight is 437 g/mol. The van der Waals surface area contributed by atoms with Gasteiger partial charge in [0, 0.05) is 49.2 Å². The van der Waals surface area contributed by atoms with Crippen LogP contribution in [0.3, 0.4) is 0 Å². The molecule has 0 fully saturated rings. The number of ether oxygens (including phenoxy) is 1. The SMILES string of the molecule is CNc1cc(OC)c(Nc2nccc(-c3cnn4c3CCCC4)n2)c(CCN(C)C)c1N. The summed E-state index contributed by atoms with van der Waals surface area (Å²) in [4.78, 5) is 11.4. The highest BCUT2D eigenvalue weighted by atomic mass is 16.5. The number of benzene rings is 1. The van der Waals surface area contributed by atoms with Crippen LogP contribution >= 0.6 is 0 Å². The molecule has 0 bridgehead atoms. The van der Waals surface area contributed by atoms with E-state index in [2.05, 4.69) is 30.3 Å². The Labute approximate surface area is 189 Å². The van der Waals surface area contributed by atoms with Crippen molar-refractivity contribution in [2.75, 3.05) is 51.2 Å². The molecule has 170 valence electrons. The van der Waals surface area contributed by atoms with Gasteiger partial charge in [-0.3, -0.25) is 4.68 Å². The number of methoxy groups -OCH3 is 1. The quantitative estimate of drug-likeness (QED) is 0.463. The molecule has 0 amide bonds. The molecule has 3 aromatic rings. The van der Waals surface area contributed by atoms with Crippen molar-refractivity contribution >= 4 is 23.0 Å². The van der Waals surface area contributed by atoms with E-state index in [4.69, 9.17) is 15.5 Å². The first-order chi connectivity index (χ1) is 15.5. The number of rotatable bonds is 8. The number of aryl methyl sites for hydroxylation is 1. The number of aromatic nitrogens is 4. The van der Waals surface area contributed by atoms with E-state index < -0.39 is 0 Å². The summed E-state index contributed by atoms with van der Waals surface area (Å²) >= 11 is 0. The molecule has 1 aliphatic heterocycles. The molecule has 1 aliphatic rings. The second kappa shape index (κ2) is 9.44. The van der Waals surface area contributed by atoms with E-state index >= 15 is 0 Å². The Bertz CT molecular complexity index is 1090. The van der Waals surface area contributed by atoms with Gasteiger partial charge in [0.1, 0.15) is 5.75 Å². The van der Waals surface area contributed by atoms with Crippen molar-refractivity contribution in [1.29, 1.82) is 0 Å². The number of nitrogens with zero attached hydrogens (tertiary/aromatic N) is 5. The summed E-state index contributed by atoms with van der Waals surface area (Å²) in [5.41, 5.74) is 13.0. The molecule has 0 aliphatic carbocycles. The van der Waals surface area contributed by atoms with Crippen LogP contribution in [0, 0.1) is 0 Å². The van der Waals surface area contributed by atoms with Crippen LogP contribution in [-0.4, -0.2) is 59.4 Å². The third-order valence-electron chi connectivity index (χ3n) is 5.89. The molecule has 0 unspecified atom stereocenters. The Morgan fingerprint density at radius 1 is 1.28 bits per heavy atom. The van der Waals surface area contributed by atoms with E-state index in [9.17, 15) is 0 Å². The van der Waals surface area contributed by atoms with Crippen molar-refractivity contribution in [2.45, 2.75) is 32.2 Å². The highest BCUT2D eigenvalue weighted by Crippen LogP contribution is 2.40. The first-order valence-electron chi connectivity index (χ1n) is 11.0. The molecule has 3 heterocycles. The minimum absolute atomic E-state index is 0.499. The molecule has 9 heteroatoms. The van der Waals surface area contributed by atoms with E-state index in [0.29, 0.717) is 17.4 Å². The standard InChI is InChI=1S/C23H32N8O/c1-25-18-13-20(32-4)22(15(21(18)24)9-12-30(2)3)29-23-26-10-8-17(28-23)16-14-27-31-11-6-5-7-19(16)31/h8,10,13-14,25H,5-7,9,11-12,24H2,1-4H3,(H,26,28,29). The Morgan fingerprint density at radius 2 is 2.12 bits per heavy atom. The lowest BCUT2D eigenvalue weighted by molar-refractivity contribution is 0.409. The van der Waals surface area contributed by atoms with Crippen molar-refractivity contribution in [3.05, 3.63) is 35.8 Å². The zero-order valence-corrected chi connectivity index (χ0v) is 19.3. The second-order valence-electron chi connectivity index (χ2n) is 8.27. The molecule has 32 heavy (non-hydrogen) atoms. The van der Waals surface area contributed by atoms with Gasteiger partial charge in [-0.15, -0.1) is 0 Å². The fourth-order valence-electron chi connectivity index (χ4n) is 4.14. The molecular weight excluding hydrogens is 404 g/mol. The van der Waals surface area contributed by atoms with E-state index in [1.807, 2.05) is 39.5 Å². The fraction of sp³-hybridized carbons (Fsp3) is 0.435. The first-order valence-corrected chi connectivity index (χ1v) is 11.0. The van der Waals surface area contributed by atoms with Crippen LogP contribution in [0.15, 0.2) is 24.5 Å². The monoisotopic (exact) mass is 436 g/mol. The van der Waals surface area contributed by atoms with E-state index in [0.717, 1.165) is 54.1 Å². The van der Waals surface area contributed by atoms with Gasteiger partial charge in [0.2, 0.25) is 5.95 Å². The van der Waals surface area contributed by atoms with Gasteiger partial charge < -0.3 is 26.0 Å². The highest BCUT2D eigenvalue weighted by Gasteiger charge is 2.20. The number of likely N-dealkylation sites (N-methyl/N-ethyl adjacent to an activating group) is 1. The predicted octanol–water partition coefficient (Wildman–Crippen LogP) is 3.16. The van der Waals surface area contributed by atoms with Crippen LogP contribution in [-0.2, 0) is 19.4 Å². The summed E-state index contributed by atoms with van der Waals surface area (Å²) in [7, 11) is 7.60. The fourth-order valence-corrected chi connectivity index (χ4v) is 4.14. The molecule has 4 N–H and O–H groups in total. The Kier molecular flexibility index (Phi) is 6.45. The van der Waals surface area contributed by atoms with Crippen LogP contribution in [0.25, 0.3) is 11.3 Å². The number of nitrogens with one attached hydrogen (secondary N) is 2. The summed E-state index contributed by atoms with van der Waals surface area (Å²) in [5, 5.41) is 11.1. The van der Waals surface area contributed by atoms with Gasteiger partial charge in [0.15, 0.2) is 0 Å². The molecule has 0 radical (unpaired) electrons. The molecule has 0 saturated heterocycles. The third kappa shape index (κ3) is 4.34. The minimum Gasteiger partial charge on any atom is -0.494 e. The summed E-state index contributed by atoms with van der Waals surface area (Å²) in [6.07, 6.45) is 7.81. The Hall–Kier alpha value is -3.33. The topological polar surface area (TPSA) is 106 Å². The third-order valence-corrected chi connectivity index (χ3v) is 5.89. The van der Waals surface area contributed by atoms with Gasteiger partial charge in [-0.1, -0.05) is 0 Å². The number of anilines is 4. The maximum atomic E-state index is 6.51. The van der Waals surface area contributed by atoms with Gasteiger partial charge in [0.25, 0.3) is 0 Å². The van der Waals surface area contributed by atoms with Gasteiger partial charge >= 0.3 is 0 Å². The average Bonchev–Trinajstić information content (AvgIpc) is 3.23. The maximum Gasteiger partial charge on any atom is 0.227 e. The smallest absolute Gasteiger partial charge is 0.227 e. The van der Waals surface area contributed by atoms with Crippen LogP contribution in [0.1, 0.15) is 24.1 Å². The lowest BCUT2D eigenvalue weighted by Gasteiger charge is -2.21. The maximum absolute atomic E-state index is 6.51. The predicted molar refractivity (Wildman–Crippen MR) is 129 cm³/mol. The van der Waals surface area contributed by atoms with Gasteiger partial charge in [-0.25, -0.2) is 9.97 Å². The number of hydrogen-bond acceptors (Lipinski definition) is 8. The minimum atomic E-state index is 0.499. The number of hydrogen-bond donors (Lipinski definition) is 3. The lowest BCUT2D eigenvalue weighted by atomic mass is 10.0. The summed E-state index contributed by atoms with van der Waals surface area (Å²) in [5.74, 6) is 1.19. The molecule has 0 atom stereocenters. The van der Waals surface area contributed by atoms with Crippen molar-refractivity contribution in [2.24, 2.45) is 0 Å². The molecule has 0 saturated carbocycles. The second-order valence-corrected chi connectivity index (χ2v) is 8.27. The van der Waals surface area contributed by atoms with Crippen molar-refractivity contribution < 1.29 is 4.74 Å². The molecule has 4 rings (SSSR count). The van der Waals surface area contributed by atoms with E-state index in [1.165, 1.54) is 18.5 Å². The van der Waals surface area contributed by atoms with Crippen molar-refractivity contribution in [3.8, 4) is 17.0 Å². The number of nitrogens with two attached hydrogens (primary N) is 1. The highest BCUT2D eigenvalue weighted by molar-refractivity contribution is 5.83. The zero-order valence-electron chi connectivity index (χ0n) is 19.3. The van der Waals surface area contributed by atoms with Crippen LogP contribution in [0.5, 0.6) is 5.75 Å². The molecular formula is C23H32N8O. The molecule has 9 nitrogen and oxygen atoms in total. The molecule has 1 aromatic carbocycles. The summed E-state index contributed by atoms with van der Waals surface area (Å²) in [6, 6.07) is 3.83. The van der Waals surface area contributed by atoms with Gasteiger partial charge in [0.05, 0.1) is 36.1 Å². The number of nitrogen functional groups attached to an aromatic ring is 1. The van der Waals surface area contributed by atoms with E-state index in [-0.39, 0.29) is 0 Å². The largest absolute Gasteiger partial charge is 0.494 e.